The normalized spacial score (nSPS) is 15.1. The van der Waals surface area contributed by atoms with E-state index in [4.69, 9.17) is 0 Å². The van der Waals surface area contributed by atoms with Gasteiger partial charge in [-0.2, -0.15) is 0 Å². The summed E-state index contributed by atoms with van der Waals surface area (Å²) in [5.41, 5.74) is 0.711. The number of nitrogens with one attached hydrogen (secondary N) is 1. The largest absolute Gasteiger partial charge is 0.353 e. The van der Waals surface area contributed by atoms with E-state index in [1.807, 2.05) is 24.0 Å². The van der Waals surface area contributed by atoms with Crippen molar-refractivity contribution in [3.8, 4) is 0 Å². The number of aromatic nitrogens is 1. The van der Waals surface area contributed by atoms with Crippen molar-refractivity contribution in [3.63, 3.8) is 0 Å². The molecule has 0 unspecified atom stereocenters. The Bertz CT molecular complexity index is 478. The molecule has 0 aromatic carbocycles. The molecule has 0 atom stereocenters. The molecule has 0 spiro atoms. The molecule has 1 aromatic heterocycles. The number of nitrogens with zero attached hydrogens (tertiary/aromatic N) is 3. The highest BCUT2D eigenvalue weighted by Gasteiger charge is 2.19. The monoisotopic (exact) mass is 276 g/mol. The Hall–Kier alpha value is -2.11. The zero-order chi connectivity index (χ0) is 14.5. The van der Waals surface area contributed by atoms with Gasteiger partial charge in [-0.1, -0.05) is 6.92 Å². The van der Waals surface area contributed by atoms with E-state index in [-0.39, 0.29) is 11.8 Å². The Morgan fingerprint density at radius 2 is 1.95 bits per heavy atom. The van der Waals surface area contributed by atoms with Gasteiger partial charge in [0.25, 0.3) is 0 Å². The molecule has 6 nitrogen and oxygen atoms in total. The van der Waals surface area contributed by atoms with E-state index in [0.29, 0.717) is 12.1 Å². The minimum absolute atomic E-state index is 0.0189. The molecular formula is C14H20N4O2. The van der Waals surface area contributed by atoms with Crippen LogP contribution in [0.4, 0.5) is 11.5 Å². The highest BCUT2D eigenvalue weighted by molar-refractivity contribution is 5.90. The van der Waals surface area contributed by atoms with Crippen LogP contribution in [0.15, 0.2) is 18.3 Å². The first-order valence-electron chi connectivity index (χ1n) is 6.86. The summed E-state index contributed by atoms with van der Waals surface area (Å²) in [6.07, 6.45) is 2.12. The molecule has 2 heterocycles. The number of anilines is 2. The van der Waals surface area contributed by atoms with Gasteiger partial charge in [0.1, 0.15) is 5.82 Å². The quantitative estimate of drug-likeness (QED) is 0.898. The zero-order valence-electron chi connectivity index (χ0n) is 11.9. The molecule has 1 aromatic rings. The van der Waals surface area contributed by atoms with Gasteiger partial charge >= 0.3 is 0 Å². The highest BCUT2D eigenvalue weighted by Crippen LogP contribution is 2.16. The van der Waals surface area contributed by atoms with Crippen molar-refractivity contribution in [2.45, 2.75) is 20.3 Å². The lowest BCUT2D eigenvalue weighted by atomic mass is 10.3. The van der Waals surface area contributed by atoms with Crippen LogP contribution in [0.1, 0.15) is 20.3 Å². The van der Waals surface area contributed by atoms with Gasteiger partial charge in [0.05, 0.1) is 11.9 Å². The van der Waals surface area contributed by atoms with Crippen molar-refractivity contribution in [3.05, 3.63) is 18.3 Å². The SMILES string of the molecule is CCC(=O)Nc1ccc(N2CCN(C(C)=O)CC2)nc1. The van der Waals surface area contributed by atoms with Crippen LogP contribution >= 0.6 is 0 Å². The average molecular weight is 276 g/mol. The maximum Gasteiger partial charge on any atom is 0.224 e. The van der Waals surface area contributed by atoms with E-state index < -0.39 is 0 Å². The maximum absolute atomic E-state index is 11.3. The highest BCUT2D eigenvalue weighted by atomic mass is 16.2. The molecule has 6 heteroatoms. The van der Waals surface area contributed by atoms with Crippen molar-refractivity contribution in [1.29, 1.82) is 0 Å². The van der Waals surface area contributed by atoms with Crippen LogP contribution in [0.5, 0.6) is 0 Å². The molecule has 2 rings (SSSR count). The summed E-state index contributed by atoms with van der Waals surface area (Å²) in [5.74, 6) is 0.979. The number of carbonyl (C=O) groups is 2. The average Bonchev–Trinajstić information content (AvgIpc) is 2.48. The van der Waals surface area contributed by atoms with Crippen LogP contribution in [0.25, 0.3) is 0 Å². The molecule has 1 saturated heterocycles. The van der Waals surface area contributed by atoms with Gasteiger partial charge < -0.3 is 15.1 Å². The van der Waals surface area contributed by atoms with Gasteiger partial charge in [0, 0.05) is 39.5 Å². The molecule has 108 valence electrons. The molecule has 0 radical (unpaired) electrons. The smallest absolute Gasteiger partial charge is 0.224 e. The van der Waals surface area contributed by atoms with Crippen molar-refractivity contribution in [2.24, 2.45) is 0 Å². The Kier molecular flexibility index (Phi) is 4.55. The van der Waals surface area contributed by atoms with Gasteiger partial charge in [-0.05, 0) is 12.1 Å². The Morgan fingerprint density at radius 3 is 2.45 bits per heavy atom. The molecule has 20 heavy (non-hydrogen) atoms. The number of amides is 2. The number of hydrogen-bond acceptors (Lipinski definition) is 4. The van der Waals surface area contributed by atoms with E-state index in [0.717, 1.165) is 32.0 Å². The van der Waals surface area contributed by atoms with Crippen molar-refractivity contribution in [1.82, 2.24) is 9.88 Å². The summed E-state index contributed by atoms with van der Waals surface area (Å²) < 4.78 is 0. The van der Waals surface area contributed by atoms with Crippen LogP contribution in [-0.2, 0) is 9.59 Å². The lowest BCUT2D eigenvalue weighted by Crippen LogP contribution is -2.48. The first-order chi connectivity index (χ1) is 9.60. The molecule has 0 saturated carbocycles. The number of rotatable bonds is 3. The molecule has 1 aliphatic rings. The first-order valence-corrected chi connectivity index (χ1v) is 6.86. The van der Waals surface area contributed by atoms with Gasteiger partial charge in [0.2, 0.25) is 11.8 Å². The van der Waals surface area contributed by atoms with Gasteiger partial charge in [-0.3, -0.25) is 9.59 Å². The van der Waals surface area contributed by atoms with Crippen molar-refractivity contribution >= 4 is 23.3 Å². The van der Waals surface area contributed by atoms with E-state index in [2.05, 4.69) is 15.2 Å². The third-order valence-electron chi connectivity index (χ3n) is 3.40. The third kappa shape index (κ3) is 3.46. The van der Waals surface area contributed by atoms with E-state index in [1.54, 1.807) is 13.1 Å². The third-order valence-corrected chi connectivity index (χ3v) is 3.40. The number of pyridine rings is 1. The molecule has 2 amide bonds. The van der Waals surface area contributed by atoms with Gasteiger partial charge in [0.15, 0.2) is 0 Å². The van der Waals surface area contributed by atoms with Crippen LogP contribution in [-0.4, -0.2) is 47.9 Å². The van der Waals surface area contributed by atoms with E-state index >= 15 is 0 Å². The standard InChI is InChI=1S/C14H20N4O2/c1-3-14(20)16-12-4-5-13(15-10-12)18-8-6-17(7-9-18)11(2)19/h4-5,10H,3,6-9H2,1-2H3,(H,16,20). The van der Waals surface area contributed by atoms with Crippen LogP contribution in [0, 0.1) is 0 Å². The predicted octanol–water partition coefficient (Wildman–Crippen LogP) is 1.10. The molecular weight excluding hydrogens is 256 g/mol. The van der Waals surface area contributed by atoms with Crippen LogP contribution in [0.2, 0.25) is 0 Å². The summed E-state index contributed by atoms with van der Waals surface area (Å²) in [4.78, 5) is 30.9. The van der Waals surface area contributed by atoms with Crippen LogP contribution < -0.4 is 10.2 Å². The fraction of sp³-hybridized carbons (Fsp3) is 0.500. The summed E-state index contributed by atoms with van der Waals surface area (Å²) >= 11 is 0. The Balaban J connectivity index is 1.94. The minimum Gasteiger partial charge on any atom is -0.353 e. The second kappa shape index (κ2) is 6.36. The summed E-state index contributed by atoms with van der Waals surface area (Å²) in [5, 5.41) is 2.77. The minimum atomic E-state index is -0.0189. The lowest BCUT2D eigenvalue weighted by Gasteiger charge is -2.34. The van der Waals surface area contributed by atoms with E-state index in [9.17, 15) is 9.59 Å². The second-order valence-corrected chi connectivity index (χ2v) is 4.80. The fourth-order valence-electron chi connectivity index (χ4n) is 2.15. The van der Waals surface area contributed by atoms with Crippen molar-refractivity contribution in [2.75, 3.05) is 36.4 Å². The van der Waals surface area contributed by atoms with Crippen molar-refractivity contribution < 1.29 is 9.59 Å². The first kappa shape index (κ1) is 14.3. The molecule has 1 fully saturated rings. The van der Waals surface area contributed by atoms with Gasteiger partial charge in [-0.25, -0.2) is 4.98 Å². The Labute approximate surface area is 118 Å². The molecule has 1 aliphatic heterocycles. The fourth-order valence-corrected chi connectivity index (χ4v) is 2.15. The molecule has 0 bridgehead atoms. The lowest BCUT2D eigenvalue weighted by molar-refractivity contribution is -0.129. The molecule has 0 aliphatic carbocycles. The molecule has 1 N–H and O–H groups in total. The number of piperazine rings is 1. The summed E-state index contributed by atoms with van der Waals surface area (Å²) in [7, 11) is 0. The number of hydrogen-bond donors (Lipinski definition) is 1. The predicted molar refractivity (Wildman–Crippen MR) is 77.6 cm³/mol. The van der Waals surface area contributed by atoms with Gasteiger partial charge in [-0.15, -0.1) is 0 Å². The summed E-state index contributed by atoms with van der Waals surface area (Å²) in [6, 6.07) is 3.75. The zero-order valence-corrected chi connectivity index (χ0v) is 11.9. The summed E-state index contributed by atoms with van der Waals surface area (Å²) in [6.45, 7) is 6.43. The maximum atomic E-state index is 11.3. The van der Waals surface area contributed by atoms with E-state index in [1.165, 1.54) is 0 Å². The second-order valence-electron chi connectivity index (χ2n) is 4.80. The van der Waals surface area contributed by atoms with Crippen LogP contribution in [0.3, 0.4) is 0 Å². The number of carbonyl (C=O) groups excluding carboxylic acids is 2. The topological polar surface area (TPSA) is 65.5 Å². The Morgan fingerprint density at radius 1 is 1.25 bits per heavy atom.